The van der Waals surface area contributed by atoms with E-state index in [0.717, 1.165) is 30.5 Å². The van der Waals surface area contributed by atoms with Crippen LogP contribution in [0.4, 0.5) is 4.39 Å². The lowest BCUT2D eigenvalue weighted by Crippen LogP contribution is -2.06. The van der Waals surface area contributed by atoms with Crippen LogP contribution in [0.1, 0.15) is 41.0 Å². The molecule has 0 radical (unpaired) electrons. The van der Waals surface area contributed by atoms with Crippen LogP contribution in [-0.4, -0.2) is 20.9 Å². The topological polar surface area (TPSA) is 55.1 Å². The largest absolute Gasteiger partial charge is 0.476 e. The number of aromatic nitrogens is 2. The van der Waals surface area contributed by atoms with Crippen LogP contribution >= 0.6 is 11.6 Å². The van der Waals surface area contributed by atoms with Gasteiger partial charge in [-0.1, -0.05) is 18.0 Å². The molecular weight excluding hydrogens is 295 g/mol. The number of carboxylic acid groups (broad SMARTS) is 1. The van der Waals surface area contributed by atoms with Gasteiger partial charge in [0.05, 0.1) is 0 Å². The Morgan fingerprint density at radius 3 is 2.76 bits per heavy atom. The summed E-state index contributed by atoms with van der Waals surface area (Å²) < 4.78 is 15.6. The van der Waals surface area contributed by atoms with Crippen LogP contribution in [0.5, 0.6) is 0 Å². The third-order valence-electron chi connectivity index (χ3n) is 3.77. The third-order valence-corrected chi connectivity index (χ3v) is 4.01. The molecule has 6 heteroatoms. The quantitative estimate of drug-likeness (QED) is 0.862. The molecule has 0 spiro atoms. The van der Waals surface area contributed by atoms with E-state index in [2.05, 4.69) is 5.10 Å². The van der Waals surface area contributed by atoms with Crippen LogP contribution < -0.4 is 0 Å². The van der Waals surface area contributed by atoms with E-state index in [0.29, 0.717) is 17.9 Å². The lowest BCUT2D eigenvalue weighted by molar-refractivity contribution is 0.0688. The predicted molar refractivity (Wildman–Crippen MR) is 76.8 cm³/mol. The molecule has 21 heavy (non-hydrogen) atoms. The van der Waals surface area contributed by atoms with Crippen LogP contribution in [0.3, 0.4) is 0 Å². The lowest BCUT2D eigenvalue weighted by Gasteiger charge is -2.08. The summed E-state index contributed by atoms with van der Waals surface area (Å²) in [6.45, 7) is 0. The monoisotopic (exact) mass is 308 g/mol. The number of nitrogens with zero attached hydrogens (tertiary/aromatic N) is 2. The standard InChI is InChI=1S/C15H14ClFN2O2/c16-9-6-7-13(11(17)8-9)19-12-5-3-1-2-4-10(12)14(18-19)15(20)21/h6-8H,1-5H2,(H,20,21). The molecule has 2 aromatic rings. The Bertz CT molecular complexity index is 712. The second kappa shape index (κ2) is 5.48. The van der Waals surface area contributed by atoms with Crippen molar-refractivity contribution in [2.45, 2.75) is 32.1 Å². The minimum absolute atomic E-state index is 0.0289. The number of fused-ring (bicyclic) bond motifs is 1. The van der Waals surface area contributed by atoms with Crippen molar-refractivity contribution in [3.63, 3.8) is 0 Å². The highest BCUT2D eigenvalue weighted by Crippen LogP contribution is 2.28. The van der Waals surface area contributed by atoms with E-state index in [1.807, 2.05) is 0 Å². The average molecular weight is 309 g/mol. The number of carboxylic acids is 1. The van der Waals surface area contributed by atoms with Crippen LogP contribution in [0.15, 0.2) is 18.2 Å². The summed E-state index contributed by atoms with van der Waals surface area (Å²) in [5.41, 5.74) is 1.80. The van der Waals surface area contributed by atoms with Crippen molar-refractivity contribution in [3.05, 3.63) is 46.0 Å². The van der Waals surface area contributed by atoms with Gasteiger partial charge in [0.25, 0.3) is 0 Å². The van der Waals surface area contributed by atoms with E-state index in [4.69, 9.17) is 11.6 Å². The molecule has 0 bridgehead atoms. The highest BCUT2D eigenvalue weighted by molar-refractivity contribution is 6.30. The predicted octanol–water partition coefficient (Wildman–Crippen LogP) is 3.63. The van der Waals surface area contributed by atoms with Crippen molar-refractivity contribution in [1.82, 2.24) is 9.78 Å². The van der Waals surface area contributed by atoms with Gasteiger partial charge >= 0.3 is 5.97 Å². The van der Waals surface area contributed by atoms with Gasteiger partial charge < -0.3 is 5.11 Å². The van der Waals surface area contributed by atoms with E-state index in [9.17, 15) is 14.3 Å². The lowest BCUT2D eigenvalue weighted by atomic mass is 10.1. The number of carbonyl (C=O) groups is 1. The maximum Gasteiger partial charge on any atom is 0.356 e. The average Bonchev–Trinajstić information content (AvgIpc) is 2.63. The van der Waals surface area contributed by atoms with Gasteiger partial charge in [-0.3, -0.25) is 0 Å². The Morgan fingerprint density at radius 2 is 2.05 bits per heavy atom. The molecule has 0 fully saturated rings. The maximum atomic E-state index is 14.1. The molecule has 1 aromatic heterocycles. The summed E-state index contributed by atoms with van der Waals surface area (Å²) in [7, 11) is 0. The van der Waals surface area contributed by atoms with Crippen molar-refractivity contribution < 1.29 is 14.3 Å². The zero-order valence-corrected chi connectivity index (χ0v) is 12.0. The summed E-state index contributed by atoms with van der Waals surface area (Å²) in [5.74, 6) is -1.57. The van der Waals surface area contributed by atoms with Crippen molar-refractivity contribution in [2.75, 3.05) is 0 Å². The van der Waals surface area contributed by atoms with Crippen molar-refractivity contribution >= 4 is 17.6 Å². The van der Waals surface area contributed by atoms with Crippen molar-refractivity contribution in [2.24, 2.45) is 0 Å². The van der Waals surface area contributed by atoms with Crippen LogP contribution in [0.2, 0.25) is 5.02 Å². The van der Waals surface area contributed by atoms with Gasteiger partial charge in [0.15, 0.2) is 5.69 Å². The Balaban J connectivity index is 2.20. The van der Waals surface area contributed by atoms with E-state index in [1.165, 1.54) is 16.8 Å². The molecule has 1 N–H and O–H groups in total. The maximum absolute atomic E-state index is 14.1. The van der Waals surface area contributed by atoms with E-state index in [1.54, 1.807) is 6.07 Å². The zero-order valence-electron chi connectivity index (χ0n) is 11.3. The van der Waals surface area contributed by atoms with Gasteiger partial charge in [-0.15, -0.1) is 0 Å². The molecule has 1 heterocycles. The van der Waals surface area contributed by atoms with Gasteiger partial charge in [-0.25, -0.2) is 13.9 Å². The Morgan fingerprint density at radius 1 is 1.29 bits per heavy atom. The van der Waals surface area contributed by atoms with E-state index < -0.39 is 11.8 Å². The van der Waals surface area contributed by atoms with Gasteiger partial charge in [0.1, 0.15) is 11.5 Å². The second-order valence-electron chi connectivity index (χ2n) is 5.15. The number of benzene rings is 1. The van der Waals surface area contributed by atoms with Gasteiger partial charge in [0, 0.05) is 16.3 Å². The molecule has 0 amide bonds. The number of hydrogen-bond donors (Lipinski definition) is 1. The molecule has 3 rings (SSSR count). The normalized spacial score (nSPS) is 14.6. The molecule has 110 valence electrons. The molecule has 0 saturated heterocycles. The molecule has 0 saturated carbocycles. The SMILES string of the molecule is O=C(O)c1nn(-c2ccc(Cl)cc2F)c2c1CCCCC2. The molecule has 0 atom stereocenters. The number of rotatable bonds is 2. The van der Waals surface area contributed by atoms with Crippen molar-refractivity contribution in [3.8, 4) is 5.69 Å². The smallest absolute Gasteiger partial charge is 0.356 e. The minimum Gasteiger partial charge on any atom is -0.476 e. The Hall–Kier alpha value is -1.88. The van der Waals surface area contributed by atoms with Gasteiger partial charge in [0.2, 0.25) is 0 Å². The molecule has 1 aliphatic carbocycles. The third kappa shape index (κ3) is 2.53. The van der Waals surface area contributed by atoms with Gasteiger partial charge in [-0.05, 0) is 43.9 Å². The van der Waals surface area contributed by atoms with Crippen molar-refractivity contribution in [1.29, 1.82) is 0 Å². The summed E-state index contributed by atoms with van der Waals surface area (Å²) in [6.07, 6.45) is 4.30. The summed E-state index contributed by atoms with van der Waals surface area (Å²) in [6, 6.07) is 4.31. The minimum atomic E-state index is -1.07. The van der Waals surface area contributed by atoms with Crippen LogP contribution in [0.25, 0.3) is 5.69 Å². The summed E-state index contributed by atoms with van der Waals surface area (Å²) in [5, 5.41) is 13.7. The zero-order chi connectivity index (χ0) is 15.0. The molecule has 1 aliphatic rings. The summed E-state index contributed by atoms with van der Waals surface area (Å²) in [4.78, 5) is 11.4. The molecule has 0 aliphatic heterocycles. The molecule has 4 nitrogen and oxygen atoms in total. The molecule has 0 unspecified atom stereocenters. The number of aromatic carboxylic acids is 1. The van der Waals surface area contributed by atoms with Crippen LogP contribution in [-0.2, 0) is 12.8 Å². The first-order chi connectivity index (χ1) is 10.1. The fraction of sp³-hybridized carbons (Fsp3) is 0.333. The fourth-order valence-electron chi connectivity index (χ4n) is 2.80. The second-order valence-corrected chi connectivity index (χ2v) is 5.58. The van der Waals surface area contributed by atoms with E-state index in [-0.39, 0.29) is 11.4 Å². The first kappa shape index (κ1) is 14.1. The number of halogens is 2. The first-order valence-electron chi connectivity index (χ1n) is 6.87. The summed E-state index contributed by atoms with van der Waals surface area (Å²) >= 11 is 5.77. The van der Waals surface area contributed by atoms with E-state index >= 15 is 0 Å². The Kier molecular flexibility index (Phi) is 3.68. The molecule has 1 aromatic carbocycles. The van der Waals surface area contributed by atoms with Crippen LogP contribution in [0, 0.1) is 5.82 Å². The Labute approximate surface area is 126 Å². The fourth-order valence-corrected chi connectivity index (χ4v) is 2.96. The first-order valence-corrected chi connectivity index (χ1v) is 7.25. The highest BCUT2D eigenvalue weighted by Gasteiger charge is 2.25. The van der Waals surface area contributed by atoms with Gasteiger partial charge in [-0.2, -0.15) is 5.10 Å². The number of hydrogen-bond acceptors (Lipinski definition) is 2. The molecular formula is C15H14ClFN2O2. The highest BCUT2D eigenvalue weighted by atomic mass is 35.5.